The van der Waals surface area contributed by atoms with Gasteiger partial charge in [-0.15, -0.1) is 0 Å². The Hall–Kier alpha value is -0.577. The van der Waals surface area contributed by atoms with Crippen LogP contribution >= 0.6 is 0 Å². The van der Waals surface area contributed by atoms with Gasteiger partial charge in [0.2, 0.25) is 0 Å². The van der Waals surface area contributed by atoms with Crippen LogP contribution < -0.4 is 0 Å². The van der Waals surface area contributed by atoms with Crippen molar-refractivity contribution in [1.82, 2.24) is 9.80 Å². The van der Waals surface area contributed by atoms with Crippen molar-refractivity contribution < 1.29 is 59.9 Å². The van der Waals surface area contributed by atoms with Crippen molar-refractivity contribution in [3.05, 3.63) is 0 Å². The summed E-state index contributed by atoms with van der Waals surface area (Å²) < 4.78 is 14.2. The molecule has 2 radical (unpaired) electrons. The summed E-state index contributed by atoms with van der Waals surface area (Å²) in [7, 11) is 0. The van der Waals surface area contributed by atoms with Gasteiger partial charge in [0.25, 0.3) is 0 Å². The molecule has 0 aromatic heterocycles. The monoisotopic (exact) mass is 652 g/mol. The van der Waals surface area contributed by atoms with Crippen LogP contribution in [0.2, 0.25) is 0 Å². The minimum absolute atomic E-state index is 0. The van der Waals surface area contributed by atoms with E-state index in [1.165, 1.54) is 0 Å². The fraction of sp³-hybridized carbons (Fsp3) is 0.500. The summed E-state index contributed by atoms with van der Waals surface area (Å²) in [6, 6.07) is 0. The van der Waals surface area contributed by atoms with Crippen molar-refractivity contribution in [1.29, 1.82) is 0 Å². The molecule has 18 heteroatoms. The molecule has 15 nitrogen and oxygen atoms in total. The van der Waals surface area contributed by atoms with Gasteiger partial charge in [0.1, 0.15) is 0 Å². The van der Waals surface area contributed by atoms with Gasteiger partial charge in [-0.2, -0.15) is 0 Å². The molecule has 0 aromatic rings. The van der Waals surface area contributed by atoms with E-state index in [-0.39, 0.29) is 59.1 Å². The number of carboxylic acids is 5. The van der Waals surface area contributed by atoms with Crippen LogP contribution in [0.15, 0.2) is 0 Å². The molecule has 0 aliphatic heterocycles. The molecule has 0 bridgehead atoms. The van der Waals surface area contributed by atoms with Crippen LogP contribution in [0, 0.1) is 0 Å². The second kappa shape index (κ2) is 21.6. The number of hydrogen-bond donors (Lipinski definition) is 5. The molecule has 0 saturated heterocycles. The molecule has 0 rings (SSSR count). The molecule has 0 aliphatic rings. The Morgan fingerprint density at radius 2 is 0.800 bits per heavy atom. The van der Waals surface area contributed by atoms with Crippen LogP contribution in [0.25, 0.3) is 0 Å². The Balaban J connectivity index is -0.000000213. The summed E-state index contributed by atoms with van der Waals surface area (Å²) in [5.41, 5.74) is 0. The molecule has 0 unspecified atom stereocenters. The van der Waals surface area contributed by atoms with E-state index in [0.717, 1.165) is 9.80 Å². The molecule has 0 atom stereocenters. The minimum atomic E-state index is -2.47. The molecule has 0 saturated carbocycles. The fourth-order valence-electron chi connectivity index (χ4n) is 1.54. The quantitative estimate of drug-likeness (QED) is 0.119. The van der Waals surface area contributed by atoms with E-state index in [1.54, 1.807) is 0 Å². The van der Waals surface area contributed by atoms with Gasteiger partial charge in [-0.1, -0.05) is 0 Å². The van der Waals surface area contributed by atoms with E-state index in [2.05, 4.69) is 2.81 Å². The SMILES string of the molecule is O=C(O)CN(CC(=O)O)CC(=O)O.[Na].[Na].[O]=[Bi][O]C(=O)CN(CC(=O)O)CC(=O)O. The summed E-state index contributed by atoms with van der Waals surface area (Å²) >= 11 is -2.47. The van der Waals surface area contributed by atoms with E-state index in [0.29, 0.717) is 0 Å². The van der Waals surface area contributed by atoms with E-state index < -0.39 is 98.8 Å². The number of carbonyl (C=O) groups excluding carboxylic acids is 1. The number of carboxylic acid groups (broad SMARTS) is 5. The van der Waals surface area contributed by atoms with Crippen molar-refractivity contribution in [2.75, 3.05) is 39.3 Å². The molecule has 0 fully saturated rings. The summed E-state index contributed by atoms with van der Waals surface area (Å²) in [5, 5.41) is 41.7. The third-order valence-electron chi connectivity index (χ3n) is 2.29. The molecule has 160 valence electrons. The molecule has 30 heavy (non-hydrogen) atoms. The third-order valence-corrected chi connectivity index (χ3v) is 3.37. The first-order valence-electron chi connectivity index (χ1n) is 6.93. The molecule has 0 amide bonds. The maximum absolute atomic E-state index is 10.8. The van der Waals surface area contributed by atoms with E-state index in [9.17, 15) is 31.6 Å². The Morgan fingerprint density at radius 1 is 0.567 bits per heavy atom. The predicted molar refractivity (Wildman–Crippen MR) is 95.1 cm³/mol. The second-order valence-electron chi connectivity index (χ2n) is 4.80. The maximum atomic E-state index is 10.8. The van der Waals surface area contributed by atoms with Crippen LogP contribution in [0.3, 0.4) is 0 Å². The van der Waals surface area contributed by atoms with Gasteiger partial charge < -0.3 is 15.3 Å². The van der Waals surface area contributed by atoms with Crippen LogP contribution in [-0.4, -0.2) is 193 Å². The van der Waals surface area contributed by atoms with Gasteiger partial charge in [0, 0.05) is 59.1 Å². The summed E-state index contributed by atoms with van der Waals surface area (Å²) in [4.78, 5) is 63.5. The number of nitrogens with zero attached hydrogens (tertiary/aromatic N) is 2. The molecular weight excluding hydrogens is 635 g/mol. The van der Waals surface area contributed by atoms with Crippen LogP contribution in [0.5, 0.6) is 0 Å². The van der Waals surface area contributed by atoms with E-state index >= 15 is 0 Å². The topological polar surface area (TPSA) is 236 Å². The zero-order valence-corrected chi connectivity index (χ0v) is 23.6. The van der Waals surface area contributed by atoms with Gasteiger partial charge in [-0.3, -0.25) is 19.3 Å². The zero-order valence-electron chi connectivity index (χ0n) is 16.1. The van der Waals surface area contributed by atoms with Crippen molar-refractivity contribution in [2.24, 2.45) is 0 Å². The first kappa shape index (κ1) is 36.8. The molecule has 0 aliphatic carbocycles. The molecular formula is C12H17BiN2Na2O13. The van der Waals surface area contributed by atoms with Crippen molar-refractivity contribution >= 4 is 119 Å². The number of carbonyl (C=O) groups is 6. The van der Waals surface area contributed by atoms with Gasteiger partial charge in [-0.05, 0) is 0 Å². The number of hydrogen-bond acceptors (Lipinski definition) is 10. The Bertz CT molecular complexity index is 565. The van der Waals surface area contributed by atoms with Crippen LogP contribution in [0.4, 0.5) is 0 Å². The third kappa shape index (κ3) is 27.4. The van der Waals surface area contributed by atoms with E-state index in [4.69, 9.17) is 25.5 Å². The standard InChI is InChI=1S/2C6H9NO6.Bi.2Na.O/c2*8-4(9)1-7(2-5(10)11)3-6(12)13;;;;/h2*1-3H2,(H,8,9)(H,10,11)(H,12,13);;;;/q;;+1;;;/p-1. The number of rotatable bonds is 13. The van der Waals surface area contributed by atoms with Gasteiger partial charge in [-0.25, -0.2) is 0 Å². The molecule has 0 spiro atoms. The van der Waals surface area contributed by atoms with Crippen molar-refractivity contribution in [3.63, 3.8) is 0 Å². The van der Waals surface area contributed by atoms with Crippen LogP contribution in [0.1, 0.15) is 0 Å². The first-order chi connectivity index (χ1) is 12.9. The zero-order chi connectivity index (χ0) is 22.3. The predicted octanol–water partition coefficient (Wildman–Crippen LogP) is -4.25. The van der Waals surface area contributed by atoms with Crippen molar-refractivity contribution in [3.8, 4) is 0 Å². The van der Waals surface area contributed by atoms with Gasteiger partial charge in [0.05, 0.1) is 19.6 Å². The summed E-state index contributed by atoms with van der Waals surface area (Å²) in [6.07, 6.45) is 0. The van der Waals surface area contributed by atoms with Gasteiger partial charge in [0.15, 0.2) is 0 Å². The normalized spacial score (nSPS) is 9.13. The average molecular weight is 652 g/mol. The van der Waals surface area contributed by atoms with Crippen LogP contribution in [-0.2, 0) is 34.4 Å². The summed E-state index contributed by atoms with van der Waals surface area (Å²) in [6.45, 7) is -3.47. The number of aliphatic carboxylic acids is 5. The Kier molecular flexibility index (Phi) is 26.5. The van der Waals surface area contributed by atoms with Gasteiger partial charge >= 0.3 is 114 Å². The first-order valence-corrected chi connectivity index (χ1v) is 9.77. The Morgan fingerprint density at radius 3 is 1.00 bits per heavy atom. The molecule has 0 heterocycles. The summed E-state index contributed by atoms with van der Waals surface area (Å²) in [5.74, 6) is -7.17. The molecule has 5 N–H and O–H groups in total. The van der Waals surface area contributed by atoms with Crippen molar-refractivity contribution in [2.45, 2.75) is 0 Å². The molecule has 0 aromatic carbocycles. The average Bonchev–Trinajstić information content (AvgIpc) is 2.43. The van der Waals surface area contributed by atoms with E-state index in [1.807, 2.05) is 0 Å². The Labute approximate surface area is 225 Å². The fourth-order valence-corrected chi connectivity index (χ4v) is 2.09. The second-order valence-corrected chi connectivity index (χ2v) is 6.09.